The van der Waals surface area contributed by atoms with E-state index in [2.05, 4.69) is 133 Å². The number of aromatic hydroxyl groups is 1. The van der Waals surface area contributed by atoms with Crippen molar-refractivity contribution in [2.24, 2.45) is 4.99 Å². The van der Waals surface area contributed by atoms with Crippen LogP contribution < -0.4 is 0 Å². The first-order valence-corrected chi connectivity index (χ1v) is 20.5. The molecule has 58 heavy (non-hydrogen) atoms. The maximum absolute atomic E-state index is 11.5. The molecule has 0 amide bonds. The summed E-state index contributed by atoms with van der Waals surface area (Å²) in [6.07, 6.45) is 1.80. The van der Waals surface area contributed by atoms with Gasteiger partial charge in [0.2, 0.25) is 0 Å². The molecule has 0 fully saturated rings. The molecule has 0 bridgehead atoms. The van der Waals surface area contributed by atoms with Crippen LogP contribution in [0.3, 0.4) is 0 Å². The molecule has 0 aliphatic rings. The topological polar surface area (TPSA) is 71.8 Å². The van der Waals surface area contributed by atoms with Crippen molar-refractivity contribution in [3.63, 3.8) is 0 Å². The summed E-state index contributed by atoms with van der Waals surface area (Å²) in [7, 11) is 0. The second kappa shape index (κ2) is 13.3. The van der Waals surface area contributed by atoms with Gasteiger partial charge in [-0.05, 0) is 64.4 Å². The summed E-state index contributed by atoms with van der Waals surface area (Å²) < 4.78 is 14.2. The highest BCUT2D eigenvalue weighted by Crippen LogP contribution is 2.46. The third-order valence-electron chi connectivity index (χ3n) is 11.2. The Hall–Kier alpha value is -6.50. The molecule has 0 saturated carbocycles. The van der Waals surface area contributed by atoms with Gasteiger partial charge >= 0.3 is 0 Å². The smallest absolute Gasteiger partial charge is 0.143 e. The monoisotopic (exact) mass is 774 g/mol. The summed E-state index contributed by atoms with van der Waals surface area (Å²) >= 11 is 1.64. The average Bonchev–Trinajstić information content (AvgIpc) is 3.93. The summed E-state index contributed by atoms with van der Waals surface area (Å²) in [4.78, 5) is 10.5. The lowest BCUT2D eigenvalue weighted by atomic mass is 9.79. The number of aliphatic imine (C=N–C) groups is 1. The van der Waals surface area contributed by atoms with Crippen molar-refractivity contribution in [3.8, 4) is 38.6 Å². The molecule has 284 valence electrons. The summed E-state index contributed by atoms with van der Waals surface area (Å²) in [6.45, 7) is 13.0. The quantitative estimate of drug-likeness (QED) is 0.177. The number of thiazole rings is 1. The number of nitrogens with zero attached hydrogens (tertiary/aromatic N) is 2. The van der Waals surface area contributed by atoms with E-state index >= 15 is 0 Å². The fraction of sp³-hybridized carbons (Fsp3) is 0.154. The number of benzene rings is 7. The predicted molar refractivity (Wildman–Crippen MR) is 243 cm³/mol. The van der Waals surface area contributed by atoms with E-state index in [0.717, 1.165) is 104 Å². The number of fused-ring (bicyclic) bond motifs is 7. The minimum Gasteiger partial charge on any atom is -0.507 e. The normalized spacial score (nSPS) is 12.7. The summed E-state index contributed by atoms with van der Waals surface area (Å²) in [5, 5.41) is 16.7. The van der Waals surface area contributed by atoms with Gasteiger partial charge in [0.05, 0.1) is 15.9 Å². The van der Waals surface area contributed by atoms with Gasteiger partial charge in [-0.3, -0.25) is 4.99 Å². The SMILES string of the molecule is CC(C)(C)c1cc(C=Nc2ccccc2-c2nc3c(-c4cccc5c4oc4ccccc45)cc(-c4cccc5c4oc4ccccc45)cc3s2)c(O)c(C(C)(C)C)c1. The van der Waals surface area contributed by atoms with Crippen molar-refractivity contribution < 1.29 is 13.9 Å². The van der Waals surface area contributed by atoms with E-state index in [-0.39, 0.29) is 16.6 Å². The highest BCUT2D eigenvalue weighted by atomic mass is 32.1. The van der Waals surface area contributed by atoms with Gasteiger partial charge in [-0.2, -0.15) is 0 Å². The lowest BCUT2D eigenvalue weighted by molar-refractivity contribution is 0.444. The molecule has 0 radical (unpaired) electrons. The van der Waals surface area contributed by atoms with Crippen LogP contribution in [0.1, 0.15) is 58.2 Å². The molecule has 3 aromatic heterocycles. The van der Waals surface area contributed by atoms with E-state index in [0.29, 0.717) is 5.56 Å². The van der Waals surface area contributed by atoms with Crippen molar-refractivity contribution in [1.29, 1.82) is 0 Å². The highest BCUT2D eigenvalue weighted by Gasteiger charge is 2.25. The zero-order valence-electron chi connectivity index (χ0n) is 33.3. The molecule has 0 atom stereocenters. The molecule has 0 aliphatic carbocycles. The Bertz CT molecular complexity index is 3270. The van der Waals surface area contributed by atoms with Crippen LogP contribution in [0.4, 0.5) is 5.69 Å². The number of hydrogen-bond donors (Lipinski definition) is 1. The molecule has 0 spiro atoms. The fourth-order valence-electron chi connectivity index (χ4n) is 8.11. The van der Waals surface area contributed by atoms with Gasteiger partial charge in [-0.25, -0.2) is 4.98 Å². The third-order valence-corrected chi connectivity index (χ3v) is 12.2. The minimum atomic E-state index is -0.244. The first-order valence-electron chi connectivity index (χ1n) is 19.7. The molecule has 10 rings (SSSR count). The Kier molecular flexibility index (Phi) is 8.22. The van der Waals surface area contributed by atoms with Crippen LogP contribution in [0.25, 0.3) is 86.9 Å². The lowest BCUT2D eigenvalue weighted by Crippen LogP contribution is -2.17. The van der Waals surface area contributed by atoms with Gasteiger partial charge in [-0.15, -0.1) is 11.3 Å². The fourth-order valence-corrected chi connectivity index (χ4v) is 9.17. The van der Waals surface area contributed by atoms with Gasteiger partial charge < -0.3 is 13.9 Å². The zero-order chi connectivity index (χ0) is 39.9. The Balaban J connectivity index is 1.18. The summed E-state index contributed by atoms with van der Waals surface area (Å²) in [5.74, 6) is 0.262. The summed E-state index contributed by atoms with van der Waals surface area (Å²) in [6, 6.07) is 45.9. The Morgan fingerprint density at radius 1 is 0.586 bits per heavy atom. The molecule has 1 N–H and O–H groups in total. The second-order valence-electron chi connectivity index (χ2n) is 17.2. The molecule has 0 aliphatic heterocycles. The first-order chi connectivity index (χ1) is 27.9. The zero-order valence-corrected chi connectivity index (χ0v) is 34.2. The van der Waals surface area contributed by atoms with E-state index in [4.69, 9.17) is 18.8 Å². The van der Waals surface area contributed by atoms with E-state index in [1.807, 2.05) is 42.5 Å². The van der Waals surface area contributed by atoms with Crippen molar-refractivity contribution >= 4 is 77.3 Å². The van der Waals surface area contributed by atoms with Crippen molar-refractivity contribution in [2.45, 2.75) is 52.4 Å². The van der Waals surface area contributed by atoms with Crippen LogP contribution in [-0.2, 0) is 10.8 Å². The number of para-hydroxylation sites is 5. The number of hydrogen-bond acceptors (Lipinski definition) is 6. The molecule has 0 saturated heterocycles. The Labute approximate surface area is 340 Å². The van der Waals surface area contributed by atoms with Gasteiger partial charge in [0.1, 0.15) is 33.1 Å². The molecule has 10 aromatic rings. The Morgan fingerprint density at radius 3 is 1.84 bits per heavy atom. The molecular weight excluding hydrogens is 733 g/mol. The highest BCUT2D eigenvalue weighted by molar-refractivity contribution is 7.21. The first kappa shape index (κ1) is 35.9. The van der Waals surface area contributed by atoms with Crippen LogP contribution in [0.15, 0.2) is 147 Å². The lowest BCUT2D eigenvalue weighted by Gasteiger charge is -2.27. The number of phenolic OH excluding ortho intramolecular Hbond substituents is 1. The van der Waals surface area contributed by atoms with Crippen molar-refractivity contribution in [3.05, 3.63) is 150 Å². The molecule has 6 heteroatoms. The third kappa shape index (κ3) is 5.98. The van der Waals surface area contributed by atoms with Gasteiger partial charge in [0.25, 0.3) is 0 Å². The van der Waals surface area contributed by atoms with Gasteiger partial charge in [-0.1, -0.05) is 133 Å². The van der Waals surface area contributed by atoms with E-state index in [9.17, 15) is 5.11 Å². The minimum absolute atomic E-state index is 0.103. The van der Waals surface area contributed by atoms with Crippen molar-refractivity contribution in [2.75, 3.05) is 0 Å². The molecule has 3 heterocycles. The second-order valence-corrected chi connectivity index (χ2v) is 18.2. The number of rotatable bonds is 5. The molecule has 7 aromatic carbocycles. The van der Waals surface area contributed by atoms with E-state index in [1.54, 1.807) is 17.6 Å². The predicted octanol–water partition coefficient (Wildman–Crippen LogP) is 15.1. The standard InChI is InChI=1S/C52H42N2O3S/c1-51(2,3)32-25-31(47(55)41(28-32)52(4,5)6)29-53-42-22-10-7-17-39(42)50-54-46-40(38-21-14-20-37-35-16-9-12-24-44(35)57-49(37)38)26-30(27-45(46)58-50)33-18-13-19-36-34-15-8-11-23-43(34)56-48(33)36/h7-29,55H,1-6H3. The van der Waals surface area contributed by atoms with Crippen LogP contribution in [0, 0.1) is 0 Å². The van der Waals surface area contributed by atoms with Gasteiger partial charge in [0.15, 0.2) is 0 Å². The van der Waals surface area contributed by atoms with Crippen LogP contribution >= 0.6 is 11.3 Å². The van der Waals surface area contributed by atoms with E-state index < -0.39 is 0 Å². The number of aromatic nitrogens is 1. The molecule has 5 nitrogen and oxygen atoms in total. The molecule has 0 unspecified atom stereocenters. The average molecular weight is 775 g/mol. The maximum Gasteiger partial charge on any atom is 0.143 e. The van der Waals surface area contributed by atoms with Crippen LogP contribution in [-0.4, -0.2) is 16.3 Å². The van der Waals surface area contributed by atoms with Gasteiger partial charge in [0, 0.05) is 61.1 Å². The summed E-state index contributed by atoms with van der Waals surface area (Å²) in [5.41, 5.74) is 12.4. The number of furan rings is 2. The molecular formula is C52H42N2O3S. The van der Waals surface area contributed by atoms with Crippen LogP contribution in [0.2, 0.25) is 0 Å². The Morgan fingerprint density at radius 2 is 1.17 bits per heavy atom. The van der Waals surface area contributed by atoms with E-state index in [1.165, 1.54) is 0 Å². The number of phenols is 1. The largest absolute Gasteiger partial charge is 0.507 e. The maximum atomic E-state index is 11.5. The van der Waals surface area contributed by atoms with Crippen LogP contribution in [0.5, 0.6) is 5.75 Å². The van der Waals surface area contributed by atoms with Crippen molar-refractivity contribution in [1.82, 2.24) is 4.98 Å².